The van der Waals surface area contributed by atoms with E-state index in [4.69, 9.17) is 11.6 Å². The molecule has 2 aromatic rings. The number of benzene rings is 2. The molecule has 0 saturated heterocycles. The second kappa shape index (κ2) is 7.03. The van der Waals surface area contributed by atoms with Crippen molar-refractivity contribution in [2.45, 2.75) is 4.90 Å². The minimum absolute atomic E-state index is 0.531. The van der Waals surface area contributed by atoms with Crippen LogP contribution in [0.3, 0.4) is 0 Å². The van der Waals surface area contributed by atoms with Gasteiger partial charge in [-0.2, -0.15) is 0 Å². The highest BCUT2D eigenvalue weighted by atomic mass is 35.5. The molecule has 0 radical (unpaired) electrons. The van der Waals surface area contributed by atoms with Crippen LogP contribution >= 0.6 is 11.6 Å². The van der Waals surface area contributed by atoms with E-state index in [-0.39, 0.29) is 0 Å². The molecule has 1 atom stereocenters. The van der Waals surface area contributed by atoms with Crippen molar-refractivity contribution >= 4 is 39.6 Å². The molecule has 0 aromatic heterocycles. The van der Waals surface area contributed by atoms with Gasteiger partial charge in [0.1, 0.15) is 11.0 Å². The first-order valence-corrected chi connectivity index (χ1v) is 7.39. The van der Waals surface area contributed by atoms with Gasteiger partial charge >= 0.3 is 0 Å². The quantitative estimate of drug-likeness (QED) is 0.677. The van der Waals surface area contributed by atoms with Crippen molar-refractivity contribution in [3.8, 4) is 0 Å². The predicted octanol–water partition coefficient (Wildman–Crippen LogP) is 3.60. The van der Waals surface area contributed by atoms with Crippen LogP contribution in [-0.2, 0) is 15.8 Å². The summed E-state index contributed by atoms with van der Waals surface area (Å²) >= 11 is 5.24. The summed E-state index contributed by atoms with van der Waals surface area (Å²) in [4.78, 5) is 11.4. The van der Waals surface area contributed by atoms with Crippen LogP contribution in [0.5, 0.6) is 0 Å². The third kappa shape index (κ3) is 4.33. The largest absolute Gasteiger partial charge is 0.301 e. The molecule has 1 unspecified atom stereocenters. The molecule has 0 aliphatic carbocycles. The lowest BCUT2D eigenvalue weighted by Gasteiger charge is -2.06. The zero-order valence-corrected chi connectivity index (χ0v) is 12.0. The predicted molar refractivity (Wildman–Crippen MR) is 82.8 cm³/mol. The summed E-state index contributed by atoms with van der Waals surface area (Å²) in [5, 5.41) is -0.531. The minimum Gasteiger partial charge on any atom is -0.301 e. The normalized spacial score (nSPS) is 12.2. The van der Waals surface area contributed by atoms with E-state index in [1.54, 1.807) is 30.3 Å². The van der Waals surface area contributed by atoms with Crippen LogP contribution in [0, 0.1) is 0 Å². The molecule has 0 fully saturated rings. The standard InChI is InChI=1S/C15H12ClNO2S/c16-15(18)10-9-12-5-4-6-13(11-12)17-20(19)14-7-2-1-3-8-14/h1-11,17H/b10-9+. The van der Waals surface area contributed by atoms with E-state index < -0.39 is 16.2 Å². The van der Waals surface area contributed by atoms with Crippen molar-refractivity contribution in [3.63, 3.8) is 0 Å². The molecule has 0 spiro atoms. The Bertz CT molecular complexity index is 656. The molecule has 20 heavy (non-hydrogen) atoms. The average Bonchev–Trinajstić information content (AvgIpc) is 2.46. The van der Waals surface area contributed by atoms with Gasteiger partial charge in [-0.1, -0.05) is 36.4 Å². The Morgan fingerprint density at radius 3 is 2.55 bits per heavy atom. The van der Waals surface area contributed by atoms with Gasteiger partial charge in [0.15, 0.2) is 0 Å². The molecule has 0 saturated carbocycles. The van der Waals surface area contributed by atoms with Gasteiger partial charge in [-0.3, -0.25) is 4.79 Å². The lowest BCUT2D eigenvalue weighted by molar-refractivity contribution is -0.107. The number of halogens is 1. The van der Waals surface area contributed by atoms with E-state index in [9.17, 15) is 9.00 Å². The summed E-state index contributed by atoms with van der Waals surface area (Å²) in [6, 6.07) is 16.3. The smallest absolute Gasteiger partial charge is 0.245 e. The Balaban J connectivity index is 2.12. The van der Waals surface area contributed by atoms with Crippen molar-refractivity contribution in [3.05, 3.63) is 66.2 Å². The van der Waals surface area contributed by atoms with Crippen LogP contribution in [0.2, 0.25) is 0 Å². The monoisotopic (exact) mass is 305 g/mol. The van der Waals surface area contributed by atoms with Crippen molar-refractivity contribution in [2.75, 3.05) is 4.72 Å². The maximum atomic E-state index is 12.1. The van der Waals surface area contributed by atoms with Gasteiger partial charge in [0.25, 0.3) is 0 Å². The van der Waals surface area contributed by atoms with Gasteiger partial charge in [-0.15, -0.1) is 0 Å². The highest BCUT2D eigenvalue weighted by Crippen LogP contribution is 2.15. The zero-order chi connectivity index (χ0) is 14.4. The van der Waals surface area contributed by atoms with Crippen molar-refractivity contribution in [1.82, 2.24) is 0 Å². The van der Waals surface area contributed by atoms with E-state index in [0.29, 0.717) is 10.6 Å². The summed E-state index contributed by atoms with van der Waals surface area (Å²) < 4.78 is 15.0. The molecule has 0 bridgehead atoms. The summed E-state index contributed by atoms with van der Waals surface area (Å²) in [7, 11) is -1.32. The zero-order valence-electron chi connectivity index (χ0n) is 10.5. The number of carbonyl (C=O) groups is 1. The molecule has 3 nitrogen and oxygen atoms in total. The first-order valence-electron chi connectivity index (χ1n) is 5.86. The summed E-state index contributed by atoms with van der Waals surface area (Å²) in [5.74, 6) is 0. The maximum absolute atomic E-state index is 12.1. The van der Waals surface area contributed by atoms with Crippen LogP contribution in [0.1, 0.15) is 5.56 Å². The molecule has 0 heterocycles. The Morgan fingerprint density at radius 2 is 1.85 bits per heavy atom. The first kappa shape index (κ1) is 14.5. The van der Waals surface area contributed by atoms with Crippen LogP contribution in [0.4, 0.5) is 5.69 Å². The van der Waals surface area contributed by atoms with Gasteiger partial charge in [0.05, 0.1) is 4.90 Å². The SMILES string of the molecule is O=C(Cl)/C=C/c1cccc(NS(=O)c2ccccc2)c1. The maximum Gasteiger partial charge on any atom is 0.245 e. The van der Waals surface area contributed by atoms with E-state index in [1.165, 1.54) is 6.08 Å². The number of nitrogens with one attached hydrogen (secondary N) is 1. The van der Waals surface area contributed by atoms with Crippen LogP contribution in [-0.4, -0.2) is 9.45 Å². The fraction of sp³-hybridized carbons (Fsp3) is 0. The molecule has 102 valence electrons. The molecular weight excluding hydrogens is 294 g/mol. The molecule has 5 heteroatoms. The number of hydrogen-bond acceptors (Lipinski definition) is 2. The van der Waals surface area contributed by atoms with Crippen molar-refractivity contribution < 1.29 is 9.00 Å². The van der Waals surface area contributed by atoms with Gasteiger partial charge in [0, 0.05) is 5.69 Å². The van der Waals surface area contributed by atoms with Crippen molar-refractivity contribution in [2.24, 2.45) is 0 Å². The molecule has 2 aromatic carbocycles. The third-order valence-electron chi connectivity index (χ3n) is 2.46. The Hall–Kier alpha value is -1.91. The second-order valence-corrected chi connectivity index (χ2v) is 5.53. The summed E-state index contributed by atoms with van der Waals surface area (Å²) in [6.45, 7) is 0. The molecular formula is C15H12ClNO2S. The van der Waals surface area contributed by atoms with Crippen molar-refractivity contribution in [1.29, 1.82) is 0 Å². The fourth-order valence-electron chi connectivity index (χ4n) is 1.58. The number of carbonyl (C=O) groups excluding carboxylic acids is 1. The van der Waals surface area contributed by atoms with Crippen LogP contribution in [0.15, 0.2) is 65.6 Å². The topological polar surface area (TPSA) is 46.2 Å². The number of anilines is 1. The third-order valence-corrected chi connectivity index (χ3v) is 3.71. The molecule has 0 aliphatic rings. The number of rotatable bonds is 5. The highest BCUT2D eigenvalue weighted by Gasteiger charge is 2.03. The average molecular weight is 306 g/mol. The second-order valence-electron chi connectivity index (χ2n) is 3.95. The highest BCUT2D eigenvalue weighted by molar-refractivity contribution is 7.86. The summed E-state index contributed by atoms with van der Waals surface area (Å²) in [5.41, 5.74) is 1.51. The van der Waals surface area contributed by atoms with Gasteiger partial charge in [0.2, 0.25) is 5.24 Å². The van der Waals surface area contributed by atoms with Gasteiger partial charge in [-0.25, -0.2) is 4.21 Å². The number of hydrogen-bond donors (Lipinski definition) is 1. The van der Waals surface area contributed by atoms with Gasteiger partial charge < -0.3 is 4.72 Å². The Morgan fingerprint density at radius 1 is 1.10 bits per heavy atom. The van der Waals surface area contributed by atoms with E-state index in [0.717, 1.165) is 5.56 Å². The van der Waals surface area contributed by atoms with E-state index >= 15 is 0 Å². The van der Waals surface area contributed by atoms with E-state index in [1.807, 2.05) is 30.3 Å². The minimum atomic E-state index is -1.32. The summed E-state index contributed by atoms with van der Waals surface area (Å²) in [6.07, 6.45) is 2.88. The van der Waals surface area contributed by atoms with Gasteiger partial charge in [-0.05, 0) is 47.5 Å². The molecule has 2 rings (SSSR count). The Kier molecular flexibility index (Phi) is 5.09. The Labute approximate surface area is 124 Å². The molecule has 0 amide bonds. The van der Waals surface area contributed by atoms with Crippen LogP contribution < -0.4 is 4.72 Å². The van der Waals surface area contributed by atoms with Crippen LogP contribution in [0.25, 0.3) is 6.08 Å². The molecule has 0 aliphatic heterocycles. The lowest BCUT2D eigenvalue weighted by Crippen LogP contribution is -2.04. The molecule has 1 N–H and O–H groups in total. The van der Waals surface area contributed by atoms with E-state index in [2.05, 4.69) is 4.72 Å². The first-order chi connectivity index (χ1) is 9.65. The fourth-order valence-corrected chi connectivity index (χ4v) is 2.50. The number of allylic oxidation sites excluding steroid dienone is 1. The lowest BCUT2D eigenvalue weighted by atomic mass is 10.2.